The van der Waals surface area contributed by atoms with Gasteiger partial charge in [0, 0.05) is 6.04 Å². The number of carbonyl (C=O) groups excluding carboxylic acids is 1. The largest absolute Gasteiger partial charge is 0.469 e. The lowest BCUT2D eigenvalue weighted by molar-refractivity contribution is -0.143. The van der Waals surface area contributed by atoms with Gasteiger partial charge >= 0.3 is 5.97 Å². The summed E-state index contributed by atoms with van der Waals surface area (Å²) in [6.07, 6.45) is 5.38. The predicted molar refractivity (Wildman–Crippen MR) is 83.2 cm³/mol. The Morgan fingerprint density at radius 1 is 1.48 bits per heavy atom. The molecular weight excluding hydrogens is 337 g/mol. The van der Waals surface area contributed by atoms with Gasteiger partial charge in [0.15, 0.2) is 0 Å². The number of hydrogen-bond acceptors (Lipinski definition) is 3. The number of nitrogens with two attached hydrogens (primary N) is 1. The third-order valence-corrected chi connectivity index (χ3v) is 5.04. The van der Waals surface area contributed by atoms with Crippen LogP contribution >= 0.6 is 15.9 Å². The van der Waals surface area contributed by atoms with Crippen molar-refractivity contribution in [2.75, 3.05) is 7.11 Å². The molecule has 0 saturated heterocycles. The highest BCUT2D eigenvalue weighted by atomic mass is 79.9. The number of halogens is 2. The number of carbonyl (C=O) groups is 1. The van der Waals surface area contributed by atoms with Gasteiger partial charge in [-0.25, -0.2) is 4.39 Å². The molecule has 1 aromatic carbocycles. The fourth-order valence-electron chi connectivity index (χ4n) is 3.28. The van der Waals surface area contributed by atoms with E-state index < -0.39 is 0 Å². The number of rotatable bonds is 5. The normalized spacial score (nSPS) is 18.5. The van der Waals surface area contributed by atoms with E-state index in [1.165, 1.54) is 13.2 Å². The van der Waals surface area contributed by atoms with Crippen molar-refractivity contribution < 1.29 is 13.9 Å². The van der Waals surface area contributed by atoms with Crippen molar-refractivity contribution >= 4 is 21.9 Å². The molecule has 1 atom stereocenters. The van der Waals surface area contributed by atoms with Gasteiger partial charge in [0.1, 0.15) is 5.82 Å². The molecule has 0 bridgehead atoms. The van der Waals surface area contributed by atoms with Crippen molar-refractivity contribution in [3.8, 4) is 0 Å². The lowest BCUT2D eigenvalue weighted by Crippen LogP contribution is -2.27. The minimum atomic E-state index is -0.295. The van der Waals surface area contributed by atoms with Gasteiger partial charge in [-0.05, 0) is 58.3 Å². The van der Waals surface area contributed by atoms with E-state index in [9.17, 15) is 9.18 Å². The first-order valence-corrected chi connectivity index (χ1v) is 8.02. The molecule has 1 aliphatic rings. The van der Waals surface area contributed by atoms with Gasteiger partial charge in [-0.15, -0.1) is 0 Å². The summed E-state index contributed by atoms with van der Waals surface area (Å²) in [6.45, 7) is 0. The van der Waals surface area contributed by atoms with Crippen molar-refractivity contribution in [2.24, 2.45) is 11.1 Å². The molecule has 3 nitrogen and oxygen atoms in total. The van der Waals surface area contributed by atoms with Crippen molar-refractivity contribution in [2.45, 2.75) is 44.6 Å². The van der Waals surface area contributed by atoms with Gasteiger partial charge in [-0.2, -0.15) is 0 Å². The van der Waals surface area contributed by atoms with Gasteiger partial charge in [-0.1, -0.05) is 18.9 Å². The molecule has 1 unspecified atom stereocenters. The number of esters is 1. The molecular formula is C16H21BrFNO2. The van der Waals surface area contributed by atoms with E-state index >= 15 is 0 Å². The lowest BCUT2D eigenvalue weighted by atomic mass is 9.76. The maximum Gasteiger partial charge on any atom is 0.306 e. The second-order valence-corrected chi connectivity index (χ2v) is 6.80. The first kappa shape index (κ1) is 16.4. The third-order valence-electron chi connectivity index (χ3n) is 4.44. The van der Waals surface area contributed by atoms with Gasteiger partial charge < -0.3 is 10.5 Å². The minimum absolute atomic E-state index is 0.0760. The average Bonchev–Trinajstić information content (AvgIpc) is 2.89. The Balaban J connectivity index is 2.12. The van der Waals surface area contributed by atoms with E-state index in [1.54, 1.807) is 12.1 Å². The van der Waals surface area contributed by atoms with Gasteiger partial charge in [0.2, 0.25) is 0 Å². The number of ether oxygens (including phenoxy) is 1. The highest BCUT2D eigenvalue weighted by Gasteiger charge is 2.38. The van der Waals surface area contributed by atoms with Crippen LogP contribution in [0.1, 0.15) is 50.1 Å². The molecule has 5 heteroatoms. The summed E-state index contributed by atoms with van der Waals surface area (Å²) in [5.41, 5.74) is 7.11. The zero-order valence-electron chi connectivity index (χ0n) is 12.2. The van der Waals surface area contributed by atoms with Gasteiger partial charge in [-0.3, -0.25) is 4.79 Å². The lowest BCUT2D eigenvalue weighted by Gasteiger charge is -2.31. The Hall–Kier alpha value is -0.940. The van der Waals surface area contributed by atoms with Crippen LogP contribution in [-0.2, 0) is 9.53 Å². The molecule has 2 rings (SSSR count). The molecule has 0 heterocycles. The summed E-state index contributed by atoms with van der Waals surface area (Å²) < 4.78 is 18.6. The Labute approximate surface area is 133 Å². The molecule has 2 N–H and O–H groups in total. The SMILES string of the molecule is COC(=O)CC1(CC(N)c2ccc(F)c(Br)c2)CCCC1. The highest BCUT2D eigenvalue weighted by molar-refractivity contribution is 9.10. The van der Waals surface area contributed by atoms with E-state index in [4.69, 9.17) is 10.5 Å². The van der Waals surface area contributed by atoms with Crippen LogP contribution in [-0.4, -0.2) is 13.1 Å². The summed E-state index contributed by atoms with van der Waals surface area (Å²) >= 11 is 3.19. The molecule has 0 radical (unpaired) electrons. The molecule has 0 aromatic heterocycles. The zero-order valence-corrected chi connectivity index (χ0v) is 13.8. The highest BCUT2D eigenvalue weighted by Crippen LogP contribution is 2.47. The smallest absolute Gasteiger partial charge is 0.306 e. The summed E-state index contributed by atoms with van der Waals surface area (Å²) in [6, 6.07) is 4.65. The van der Waals surface area contributed by atoms with Crippen LogP contribution in [0.2, 0.25) is 0 Å². The maximum absolute atomic E-state index is 13.3. The quantitative estimate of drug-likeness (QED) is 0.807. The molecule has 1 aliphatic carbocycles. The first-order valence-electron chi connectivity index (χ1n) is 7.23. The van der Waals surface area contributed by atoms with Crippen LogP contribution in [0.25, 0.3) is 0 Å². The summed E-state index contributed by atoms with van der Waals surface area (Å²) in [7, 11) is 1.42. The number of methoxy groups -OCH3 is 1. The predicted octanol–water partition coefficient (Wildman–Crippen LogP) is 4.10. The van der Waals surface area contributed by atoms with Gasteiger partial charge in [0.25, 0.3) is 0 Å². The van der Waals surface area contributed by atoms with E-state index in [0.717, 1.165) is 37.7 Å². The van der Waals surface area contributed by atoms with E-state index in [2.05, 4.69) is 15.9 Å². The molecule has 0 amide bonds. The molecule has 1 saturated carbocycles. The zero-order chi connectivity index (χ0) is 15.5. The maximum atomic E-state index is 13.3. The topological polar surface area (TPSA) is 52.3 Å². The van der Waals surface area contributed by atoms with E-state index in [-0.39, 0.29) is 23.2 Å². The Morgan fingerprint density at radius 2 is 2.14 bits per heavy atom. The standard InChI is InChI=1S/C16H21BrFNO2/c1-21-15(20)10-16(6-2-3-7-16)9-14(19)11-4-5-13(18)12(17)8-11/h4-5,8,14H,2-3,6-7,9-10,19H2,1H3. The van der Waals surface area contributed by atoms with Crippen LogP contribution in [0.3, 0.4) is 0 Å². The van der Waals surface area contributed by atoms with Gasteiger partial charge in [0.05, 0.1) is 18.0 Å². The third kappa shape index (κ3) is 4.04. The second kappa shape index (κ2) is 6.88. The number of hydrogen-bond donors (Lipinski definition) is 1. The molecule has 1 aromatic rings. The average molecular weight is 358 g/mol. The van der Waals surface area contributed by atoms with Crippen LogP contribution in [0.15, 0.2) is 22.7 Å². The monoisotopic (exact) mass is 357 g/mol. The Bertz CT molecular complexity index is 515. The summed E-state index contributed by atoms with van der Waals surface area (Å²) in [5.74, 6) is -0.472. The number of benzene rings is 1. The fourth-order valence-corrected chi connectivity index (χ4v) is 3.68. The van der Waals surface area contributed by atoms with Crippen LogP contribution < -0.4 is 5.73 Å². The van der Waals surface area contributed by atoms with Crippen molar-refractivity contribution in [3.05, 3.63) is 34.1 Å². The van der Waals surface area contributed by atoms with E-state index in [0.29, 0.717) is 10.9 Å². The minimum Gasteiger partial charge on any atom is -0.469 e. The molecule has 21 heavy (non-hydrogen) atoms. The van der Waals surface area contributed by atoms with Crippen molar-refractivity contribution in [1.29, 1.82) is 0 Å². The van der Waals surface area contributed by atoms with Crippen LogP contribution in [0.4, 0.5) is 4.39 Å². The van der Waals surface area contributed by atoms with Crippen LogP contribution in [0, 0.1) is 11.2 Å². The summed E-state index contributed by atoms with van der Waals surface area (Å²) in [5, 5.41) is 0. The fraction of sp³-hybridized carbons (Fsp3) is 0.562. The second-order valence-electron chi connectivity index (χ2n) is 5.94. The van der Waals surface area contributed by atoms with Crippen molar-refractivity contribution in [1.82, 2.24) is 0 Å². The molecule has 0 aliphatic heterocycles. The first-order chi connectivity index (χ1) is 9.96. The van der Waals surface area contributed by atoms with Crippen LogP contribution in [0.5, 0.6) is 0 Å². The summed E-state index contributed by atoms with van der Waals surface area (Å²) in [4.78, 5) is 11.7. The van der Waals surface area contributed by atoms with E-state index in [1.807, 2.05) is 0 Å². The Kier molecular flexibility index (Phi) is 5.38. The van der Waals surface area contributed by atoms with Crippen molar-refractivity contribution in [3.63, 3.8) is 0 Å². The Morgan fingerprint density at radius 3 is 2.71 bits per heavy atom. The molecule has 0 spiro atoms. The molecule has 1 fully saturated rings. The molecule has 116 valence electrons.